The molecule has 2 N–H and O–H groups in total. The van der Waals surface area contributed by atoms with Gasteiger partial charge in [-0.25, -0.2) is 4.79 Å². The number of aliphatic carboxylic acids is 1. The number of carbonyl (C=O) groups is 2. The van der Waals surface area contributed by atoms with E-state index in [9.17, 15) is 9.59 Å². The summed E-state index contributed by atoms with van der Waals surface area (Å²) >= 11 is 3.39. The van der Waals surface area contributed by atoms with Crippen LogP contribution in [0, 0.1) is 5.92 Å². The van der Waals surface area contributed by atoms with Crippen LogP contribution in [-0.2, 0) is 11.3 Å². The lowest BCUT2D eigenvalue weighted by Gasteiger charge is -2.20. The Kier molecular flexibility index (Phi) is 7.22. The molecule has 5 nitrogen and oxygen atoms in total. The van der Waals surface area contributed by atoms with E-state index in [1.165, 1.54) is 4.90 Å². The van der Waals surface area contributed by atoms with E-state index < -0.39 is 11.9 Å². The molecule has 1 aromatic rings. The molecule has 2 amide bonds. The number of hydrogen-bond acceptors (Lipinski definition) is 2. The monoisotopic (exact) mass is 356 g/mol. The summed E-state index contributed by atoms with van der Waals surface area (Å²) in [6.45, 7) is 2.55. The third-order valence-corrected chi connectivity index (χ3v) is 3.63. The van der Waals surface area contributed by atoms with Crippen LogP contribution in [0.2, 0.25) is 0 Å². The number of benzene rings is 1. The molecule has 0 heterocycles. The van der Waals surface area contributed by atoms with Crippen molar-refractivity contribution in [3.63, 3.8) is 0 Å². The number of nitrogens with zero attached hydrogens (tertiary/aromatic N) is 1. The maximum absolute atomic E-state index is 12.0. The van der Waals surface area contributed by atoms with Gasteiger partial charge in [0.15, 0.2) is 0 Å². The van der Waals surface area contributed by atoms with Gasteiger partial charge in [-0.05, 0) is 24.1 Å². The van der Waals surface area contributed by atoms with Crippen LogP contribution in [-0.4, -0.2) is 35.6 Å². The number of halogens is 1. The van der Waals surface area contributed by atoms with Gasteiger partial charge >= 0.3 is 12.0 Å². The van der Waals surface area contributed by atoms with Gasteiger partial charge in [0, 0.05) is 24.6 Å². The maximum Gasteiger partial charge on any atom is 0.317 e. The summed E-state index contributed by atoms with van der Waals surface area (Å²) in [7, 11) is 1.69. The molecule has 6 heteroatoms. The molecule has 1 atom stereocenters. The van der Waals surface area contributed by atoms with Gasteiger partial charge in [0.05, 0.1) is 5.92 Å². The molecule has 116 valence electrons. The van der Waals surface area contributed by atoms with Crippen molar-refractivity contribution in [1.29, 1.82) is 0 Å². The molecule has 21 heavy (non-hydrogen) atoms. The number of rotatable bonds is 7. The lowest BCUT2D eigenvalue weighted by Crippen LogP contribution is -2.40. The second kappa shape index (κ2) is 8.67. The second-order valence-electron chi connectivity index (χ2n) is 5.00. The van der Waals surface area contributed by atoms with Gasteiger partial charge in [0.2, 0.25) is 0 Å². The normalized spacial score (nSPS) is 11.8. The van der Waals surface area contributed by atoms with Crippen LogP contribution in [0.25, 0.3) is 0 Å². The highest BCUT2D eigenvalue weighted by Crippen LogP contribution is 2.13. The average Bonchev–Trinajstić information content (AvgIpc) is 2.42. The Morgan fingerprint density at radius 2 is 2.14 bits per heavy atom. The summed E-state index contributed by atoms with van der Waals surface area (Å²) < 4.78 is 0.961. The number of carboxylic acids is 1. The molecule has 0 fully saturated rings. The molecule has 1 rings (SSSR count). The minimum absolute atomic E-state index is 0.158. The van der Waals surface area contributed by atoms with Gasteiger partial charge in [-0.1, -0.05) is 41.4 Å². The van der Waals surface area contributed by atoms with E-state index in [0.717, 1.165) is 16.5 Å². The fourth-order valence-electron chi connectivity index (χ4n) is 1.99. The maximum atomic E-state index is 12.0. The quantitative estimate of drug-likeness (QED) is 0.788. The zero-order valence-corrected chi connectivity index (χ0v) is 13.9. The van der Waals surface area contributed by atoms with E-state index in [1.54, 1.807) is 7.05 Å². The Labute approximate surface area is 133 Å². The number of carboxylic acid groups (broad SMARTS) is 1. The van der Waals surface area contributed by atoms with E-state index in [1.807, 2.05) is 31.2 Å². The molecule has 1 unspecified atom stereocenters. The number of carbonyl (C=O) groups excluding carboxylic acids is 1. The molecule has 1 aromatic carbocycles. The van der Waals surface area contributed by atoms with Crippen LogP contribution < -0.4 is 5.32 Å². The van der Waals surface area contributed by atoms with E-state index in [2.05, 4.69) is 21.2 Å². The first-order valence-corrected chi connectivity index (χ1v) is 7.69. The molecule has 0 aliphatic heterocycles. The van der Waals surface area contributed by atoms with Gasteiger partial charge in [0.1, 0.15) is 0 Å². The predicted molar refractivity (Wildman–Crippen MR) is 85.0 cm³/mol. The Morgan fingerprint density at radius 1 is 1.43 bits per heavy atom. The van der Waals surface area contributed by atoms with Crippen molar-refractivity contribution >= 4 is 27.9 Å². The first-order valence-electron chi connectivity index (χ1n) is 6.90. The zero-order chi connectivity index (χ0) is 15.8. The summed E-state index contributed by atoms with van der Waals surface area (Å²) in [5.41, 5.74) is 1.00. The SMILES string of the molecule is CCCC(CNC(=O)N(C)Cc1cccc(Br)c1)C(=O)O. The van der Waals surface area contributed by atoms with Crippen LogP contribution >= 0.6 is 15.9 Å². The van der Waals surface area contributed by atoms with Gasteiger partial charge < -0.3 is 15.3 Å². The van der Waals surface area contributed by atoms with Crippen molar-refractivity contribution in [2.75, 3.05) is 13.6 Å². The van der Waals surface area contributed by atoms with Crippen molar-refractivity contribution in [2.45, 2.75) is 26.3 Å². The number of hydrogen-bond donors (Lipinski definition) is 2. The molecular weight excluding hydrogens is 336 g/mol. The van der Waals surface area contributed by atoms with E-state index in [0.29, 0.717) is 13.0 Å². The van der Waals surface area contributed by atoms with E-state index in [-0.39, 0.29) is 12.6 Å². The Hall–Kier alpha value is -1.56. The Balaban J connectivity index is 2.49. The molecule has 0 saturated heterocycles. The molecule has 0 saturated carbocycles. The smallest absolute Gasteiger partial charge is 0.317 e. The zero-order valence-electron chi connectivity index (χ0n) is 12.3. The van der Waals surface area contributed by atoms with Gasteiger partial charge in [-0.3, -0.25) is 4.79 Å². The molecule has 0 spiro atoms. The van der Waals surface area contributed by atoms with Gasteiger partial charge in [0.25, 0.3) is 0 Å². The highest BCUT2D eigenvalue weighted by molar-refractivity contribution is 9.10. The third kappa shape index (κ3) is 6.16. The van der Waals surface area contributed by atoms with Crippen LogP contribution in [0.3, 0.4) is 0 Å². The van der Waals surface area contributed by atoms with Crippen molar-refractivity contribution in [3.8, 4) is 0 Å². The molecule has 0 radical (unpaired) electrons. The van der Waals surface area contributed by atoms with Crippen molar-refractivity contribution in [3.05, 3.63) is 34.3 Å². The lowest BCUT2D eigenvalue weighted by molar-refractivity contribution is -0.141. The van der Waals surface area contributed by atoms with Crippen LogP contribution in [0.5, 0.6) is 0 Å². The standard InChI is InChI=1S/C15H21BrN2O3/c1-3-5-12(14(19)20)9-17-15(21)18(2)10-11-6-4-7-13(16)8-11/h4,6-8,12H,3,5,9-10H2,1-2H3,(H,17,21)(H,19,20). The molecule has 0 aromatic heterocycles. The first-order chi connectivity index (χ1) is 9.93. The largest absolute Gasteiger partial charge is 0.481 e. The summed E-state index contributed by atoms with van der Waals surface area (Å²) in [6, 6.07) is 7.45. The summed E-state index contributed by atoms with van der Waals surface area (Å²) in [6.07, 6.45) is 1.34. The topological polar surface area (TPSA) is 69.6 Å². The van der Waals surface area contributed by atoms with Gasteiger partial charge in [-0.2, -0.15) is 0 Å². The van der Waals surface area contributed by atoms with E-state index in [4.69, 9.17) is 5.11 Å². The van der Waals surface area contributed by atoms with E-state index >= 15 is 0 Å². The minimum atomic E-state index is -0.869. The number of urea groups is 1. The minimum Gasteiger partial charge on any atom is -0.481 e. The second-order valence-corrected chi connectivity index (χ2v) is 5.91. The predicted octanol–water partition coefficient (Wildman–Crippen LogP) is 3.09. The average molecular weight is 357 g/mol. The van der Waals surface area contributed by atoms with Crippen LogP contribution in [0.4, 0.5) is 4.79 Å². The van der Waals surface area contributed by atoms with Crippen LogP contribution in [0.1, 0.15) is 25.3 Å². The third-order valence-electron chi connectivity index (χ3n) is 3.14. The molecule has 0 bridgehead atoms. The molecule has 0 aliphatic rings. The van der Waals surface area contributed by atoms with Crippen LogP contribution in [0.15, 0.2) is 28.7 Å². The lowest BCUT2D eigenvalue weighted by atomic mass is 10.0. The highest BCUT2D eigenvalue weighted by Gasteiger charge is 2.18. The fraction of sp³-hybridized carbons (Fsp3) is 0.467. The van der Waals surface area contributed by atoms with Crippen molar-refractivity contribution < 1.29 is 14.7 Å². The number of nitrogens with one attached hydrogen (secondary N) is 1. The summed E-state index contributed by atoms with van der Waals surface area (Å²) in [5.74, 6) is -1.40. The molecular formula is C15H21BrN2O3. The summed E-state index contributed by atoms with van der Waals surface area (Å²) in [4.78, 5) is 24.5. The van der Waals surface area contributed by atoms with Crippen molar-refractivity contribution in [2.24, 2.45) is 5.92 Å². The highest BCUT2D eigenvalue weighted by atomic mass is 79.9. The Bertz CT molecular complexity index is 494. The van der Waals surface area contributed by atoms with Gasteiger partial charge in [-0.15, -0.1) is 0 Å². The Morgan fingerprint density at radius 3 is 2.71 bits per heavy atom. The fourth-order valence-corrected chi connectivity index (χ4v) is 2.43. The first kappa shape index (κ1) is 17.5. The van der Waals surface area contributed by atoms with Crippen molar-refractivity contribution in [1.82, 2.24) is 10.2 Å². The summed E-state index contributed by atoms with van der Waals surface area (Å²) in [5, 5.41) is 11.7. The molecule has 0 aliphatic carbocycles. The number of amides is 2.